The molecule has 0 aliphatic heterocycles. The SMILES string of the molecule is CCN/N=C/c1ccc(-c2ccc([N+](=O)[O-])cc2Br)o1. The molecule has 0 amide bonds. The molecule has 0 atom stereocenters. The van der Waals surface area contributed by atoms with Gasteiger partial charge >= 0.3 is 0 Å². The van der Waals surface area contributed by atoms with Crippen molar-refractivity contribution in [3.63, 3.8) is 0 Å². The van der Waals surface area contributed by atoms with Crippen molar-refractivity contribution in [2.24, 2.45) is 5.10 Å². The molecule has 104 valence electrons. The van der Waals surface area contributed by atoms with Crippen molar-refractivity contribution in [1.29, 1.82) is 0 Å². The van der Waals surface area contributed by atoms with Crippen molar-refractivity contribution in [2.75, 3.05) is 6.54 Å². The van der Waals surface area contributed by atoms with Crippen molar-refractivity contribution < 1.29 is 9.34 Å². The highest BCUT2D eigenvalue weighted by Gasteiger charge is 2.12. The van der Waals surface area contributed by atoms with Gasteiger partial charge in [-0.1, -0.05) is 0 Å². The van der Waals surface area contributed by atoms with E-state index in [9.17, 15) is 10.1 Å². The summed E-state index contributed by atoms with van der Waals surface area (Å²) in [5.74, 6) is 1.22. The minimum atomic E-state index is -0.439. The Balaban J connectivity index is 2.26. The maximum Gasteiger partial charge on any atom is 0.270 e. The van der Waals surface area contributed by atoms with Gasteiger partial charge in [-0.2, -0.15) is 5.10 Å². The van der Waals surface area contributed by atoms with E-state index in [1.807, 2.05) is 6.92 Å². The molecule has 0 aliphatic carbocycles. The Hall–Kier alpha value is -2.15. The summed E-state index contributed by atoms with van der Waals surface area (Å²) < 4.78 is 6.22. The zero-order chi connectivity index (χ0) is 14.5. The van der Waals surface area contributed by atoms with E-state index in [2.05, 4.69) is 26.5 Å². The van der Waals surface area contributed by atoms with Gasteiger partial charge in [-0.3, -0.25) is 10.1 Å². The van der Waals surface area contributed by atoms with Crippen molar-refractivity contribution in [2.45, 2.75) is 6.92 Å². The molecule has 0 bridgehead atoms. The highest BCUT2D eigenvalue weighted by Crippen LogP contribution is 2.32. The first-order valence-corrected chi connectivity index (χ1v) is 6.71. The second-order valence-electron chi connectivity index (χ2n) is 3.89. The number of hydrogen-bond donors (Lipinski definition) is 1. The van der Waals surface area contributed by atoms with Crippen LogP contribution in [0.1, 0.15) is 12.7 Å². The Kier molecular flexibility index (Phi) is 4.52. The Morgan fingerprint density at radius 1 is 1.45 bits per heavy atom. The first kappa shape index (κ1) is 14.3. The molecule has 7 heteroatoms. The van der Waals surface area contributed by atoms with Gasteiger partial charge in [-0.05, 0) is 41.1 Å². The van der Waals surface area contributed by atoms with Crippen LogP contribution in [0.5, 0.6) is 0 Å². The van der Waals surface area contributed by atoms with E-state index in [0.717, 1.165) is 12.1 Å². The van der Waals surface area contributed by atoms with Gasteiger partial charge in [0.05, 0.1) is 11.1 Å². The molecule has 0 radical (unpaired) electrons. The van der Waals surface area contributed by atoms with Crippen LogP contribution in [0.15, 0.2) is 44.3 Å². The standard InChI is InChI=1S/C13H12BrN3O3/c1-2-15-16-8-10-4-6-13(20-10)11-5-3-9(17(18)19)7-12(11)14/h3-8,15H,2H2,1H3/b16-8+. The van der Waals surface area contributed by atoms with Crippen molar-refractivity contribution in [1.82, 2.24) is 5.43 Å². The molecule has 6 nitrogen and oxygen atoms in total. The number of rotatable bonds is 5. The van der Waals surface area contributed by atoms with Gasteiger partial charge in [0, 0.05) is 28.7 Å². The highest BCUT2D eigenvalue weighted by molar-refractivity contribution is 9.10. The molecule has 1 aromatic heterocycles. The summed E-state index contributed by atoms with van der Waals surface area (Å²) >= 11 is 3.31. The van der Waals surface area contributed by atoms with Gasteiger partial charge in [0.1, 0.15) is 11.5 Å². The quantitative estimate of drug-likeness (QED) is 0.513. The predicted molar refractivity (Wildman–Crippen MR) is 79.8 cm³/mol. The number of nitrogens with zero attached hydrogens (tertiary/aromatic N) is 2. The van der Waals surface area contributed by atoms with Crippen LogP contribution in [0.4, 0.5) is 5.69 Å². The molecule has 0 saturated carbocycles. The van der Waals surface area contributed by atoms with Crippen LogP contribution >= 0.6 is 15.9 Å². The van der Waals surface area contributed by atoms with Crippen LogP contribution in [0.25, 0.3) is 11.3 Å². The van der Waals surface area contributed by atoms with Gasteiger partial charge in [0.2, 0.25) is 0 Å². The minimum Gasteiger partial charge on any atom is -0.455 e. The molecule has 0 spiro atoms. The lowest BCUT2D eigenvalue weighted by molar-refractivity contribution is -0.384. The molecule has 1 N–H and O–H groups in total. The van der Waals surface area contributed by atoms with Gasteiger partial charge in [0.25, 0.3) is 5.69 Å². The number of nitrogens with one attached hydrogen (secondary N) is 1. The summed E-state index contributed by atoms with van der Waals surface area (Å²) in [6.45, 7) is 2.68. The number of nitro benzene ring substituents is 1. The number of furan rings is 1. The summed E-state index contributed by atoms with van der Waals surface area (Å²) in [6, 6.07) is 8.11. The average molecular weight is 338 g/mol. The van der Waals surface area contributed by atoms with Crippen LogP contribution in [0.2, 0.25) is 0 Å². The maximum atomic E-state index is 10.7. The lowest BCUT2D eigenvalue weighted by Gasteiger charge is -2.00. The molecular formula is C13H12BrN3O3. The third-order valence-electron chi connectivity index (χ3n) is 2.50. The van der Waals surface area contributed by atoms with Crippen LogP contribution in [0, 0.1) is 10.1 Å². The number of halogens is 1. The summed E-state index contributed by atoms with van der Waals surface area (Å²) in [7, 11) is 0. The number of nitro groups is 1. The predicted octanol–water partition coefficient (Wildman–Crippen LogP) is 3.56. The van der Waals surface area contributed by atoms with E-state index in [1.54, 1.807) is 24.4 Å². The third-order valence-corrected chi connectivity index (χ3v) is 3.15. The summed E-state index contributed by atoms with van der Waals surface area (Å²) in [6.07, 6.45) is 1.58. The molecule has 2 rings (SSSR count). The molecule has 1 aromatic carbocycles. The average Bonchev–Trinajstić information content (AvgIpc) is 2.87. The number of non-ortho nitro benzene ring substituents is 1. The number of hydrogen-bond acceptors (Lipinski definition) is 5. The lowest BCUT2D eigenvalue weighted by atomic mass is 10.1. The Morgan fingerprint density at radius 2 is 2.25 bits per heavy atom. The molecule has 0 unspecified atom stereocenters. The van der Waals surface area contributed by atoms with E-state index in [-0.39, 0.29) is 5.69 Å². The second kappa shape index (κ2) is 6.33. The lowest BCUT2D eigenvalue weighted by Crippen LogP contribution is -2.02. The van der Waals surface area contributed by atoms with E-state index in [0.29, 0.717) is 16.0 Å². The van der Waals surface area contributed by atoms with Crippen molar-refractivity contribution in [3.8, 4) is 11.3 Å². The van der Waals surface area contributed by atoms with Crippen molar-refractivity contribution in [3.05, 3.63) is 50.7 Å². The normalized spacial score (nSPS) is 10.9. The van der Waals surface area contributed by atoms with Crippen LogP contribution in [0.3, 0.4) is 0 Å². The first-order valence-electron chi connectivity index (χ1n) is 5.92. The van der Waals surface area contributed by atoms with Crippen LogP contribution in [-0.4, -0.2) is 17.7 Å². The Labute approximate surface area is 123 Å². The minimum absolute atomic E-state index is 0.0288. The van der Waals surface area contributed by atoms with E-state index in [4.69, 9.17) is 4.42 Å². The van der Waals surface area contributed by atoms with Crippen LogP contribution in [-0.2, 0) is 0 Å². The zero-order valence-corrected chi connectivity index (χ0v) is 12.3. The molecule has 0 aliphatic rings. The zero-order valence-electron chi connectivity index (χ0n) is 10.7. The maximum absolute atomic E-state index is 10.7. The third kappa shape index (κ3) is 3.24. The monoisotopic (exact) mass is 337 g/mol. The largest absolute Gasteiger partial charge is 0.455 e. The number of benzene rings is 1. The fraction of sp³-hybridized carbons (Fsp3) is 0.154. The molecule has 20 heavy (non-hydrogen) atoms. The van der Waals surface area contributed by atoms with E-state index in [1.165, 1.54) is 12.1 Å². The topological polar surface area (TPSA) is 80.7 Å². The van der Waals surface area contributed by atoms with Gasteiger partial charge in [-0.25, -0.2) is 0 Å². The van der Waals surface area contributed by atoms with E-state index >= 15 is 0 Å². The molecule has 1 heterocycles. The van der Waals surface area contributed by atoms with Gasteiger partial charge < -0.3 is 9.84 Å². The van der Waals surface area contributed by atoms with Crippen molar-refractivity contribution >= 4 is 27.8 Å². The molecule has 2 aromatic rings. The fourth-order valence-corrected chi connectivity index (χ4v) is 2.15. The first-order chi connectivity index (χ1) is 9.61. The van der Waals surface area contributed by atoms with Crippen LogP contribution < -0.4 is 5.43 Å². The molecule has 0 saturated heterocycles. The molecular weight excluding hydrogens is 326 g/mol. The number of hydrazone groups is 1. The summed E-state index contributed by atoms with van der Waals surface area (Å²) in [5.41, 5.74) is 3.58. The summed E-state index contributed by atoms with van der Waals surface area (Å²) in [5, 5.41) is 14.6. The smallest absolute Gasteiger partial charge is 0.270 e. The second-order valence-corrected chi connectivity index (χ2v) is 4.75. The highest BCUT2D eigenvalue weighted by atomic mass is 79.9. The summed E-state index contributed by atoms with van der Waals surface area (Å²) in [4.78, 5) is 10.2. The van der Waals surface area contributed by atoms with E-state index < -0.39 is 4.92 Å². The fourth-order valence-electron chi connectivity index (χ4n) is 1.58. The Bertz CT molecular complexity index is 652. The molecule has 0 fully saturated rings. The Morgan fingerprint density at radius 3 is 2.90 bits per heavy atom. The van der Waals surface area contributed by atoms with Gasteiger partial charge in [-0.15, -0.1) is 0 Å². The van der Waals surface area contributed by atoms with Gasteiger partial charge in [0.15, 0.2) is 0 Å².